The molecule has 0 heterocycles. The Bertz CT molecular complexity index is 464. The molecule has 0 radical (unpaired) electrons. The van der Waals surface area contributed by atoms with E-state index in [9.17, 15) is 0 Å². The van der Waals surface area contributed by atoms with Gasteiger partial charge in [0.05, 0.1) is 0 Å². The lowest BCUT2D eigenvalue weighted by molar-refractivity contribution is 0.128. The molecule has 0 saturated heterocycles. The third-order valence-electron chi connectivity index (χ3n) is 5.20. The SMILES string of the molecule is CNC1c2ccccc2CCC1N(CCC(C)C)C1CC1. The predicted octanol–water partition coefficient (Wildman–Crippen LogP) is 3.77. The van der Waals surface area contributed by atoms with Gasteiger partial charge >= 0.3 is 0 Å². The van der Waals surface area contributed by atoms with Gasteiger partial charge in [-0.2, -0.15) is 0 Å². The number of nitrogens with zero attached hydrogens (tertiary/aromatic N) is 1. The summed E-state index contributed by atoms with van der Waals surface area (Å²) in [5.41, 5.74) is 3.08. The minimum atomic E-state index is 0.503. The fourth-order valence-electron chi connectivity index (χ4n) is 3.88. The molecule has 1 N–H and O–H groups in total. The second-order valence-electron chi connectivity index (χ2n) is 7.22. The molecule has 1 aromatic rings. The van der Waals surface area contributed by atoms with Crippen molar-refractivity contribution < 1.29 is 0 Å². The highest BCUT2D eigenvalue weighted by Crippen LogP contribution is 2.38. The van der Waals surface area contributed by atoms with Gasteiger partial charge in [0.25, 0.3) is 0 Å². The molecule has 2 heteroatoms. The minimum Gasteiger partial charge on any atom is -0.312 e. The van der Waals surface area contributed by atoms with Crippen LogP contribution >= 0.6 is 0 Å². The summed E-state index contributed by atoms with van der Waals surface area (Å²) in [7, 11) is 2.13. The zero-order chi connectivity index (χ0) is 14.8. The van der Waals surface area contributed by atoms with Crippen LogP contribution in [0.2, 0.25) is 0 Å². The van der Waals surface area contributed by atoms with Crippen LogP contribution in [0, 0.1) is 5.92 Å². The topological polar surface area (TPSA) is 15.3 Å². The summed E-state index contributed by atoms with van der Waals surface area (Å²) in [6.45, 7) is 5.96. The van der Waals surface area contributed by atoms with Crippen molar-refractivity contribution in [2.75, 3.05) is 13.6 Å². The fraction of sp³-hybridized carbons (Fsp3) is 0.684. The van der Waals surface area contributed by atoms with E-state index in [4.69, 9.17) is 0 Å². The number of hydrogen-bond donors (Lipinski definition) is 1. The van der Waals surface area contributed by atoms with Crippen LogP contribution in [-0.2, 0) is 6.42 Å². The minimum absolute atomic E-state index is 0.503. The predicted molar refractivity (Wildman–Crippen MR) is 89.5 cm³/mol. The number of likely N-dealkylation sites (N-methyl/N-ethyl adjacent to an activating group) is 1. The maximum atomic E-state index is 3.62. The first kappa shape index (κ1) is 15.1. The molecule has 1 saturated carbocycles. The van der Waals surface area contributed by atoms with Crippen LogP contribution in [0.3, 0.4) is 0 Å². The monoisotopic (exact) mass is 286 g/mol. The van der Waals surface area contributed by atoms with Gasteiger partial charge < -0.3 is 5.32 Å². The quantitative estimate of drug-likeness (QED) is 0.856. The Kier molecular flexibility index (Phi) is 4.66. The molecule has 2 aliphatic rings. The largest absolute Gasteiger partial charge is 0.312 e. The van der Waals surface area contributed by atoms with Crippen molar-refractivity contribution in [2.45, 2.75) is 64.1 Å². The van der Waals surface area contributed by atoms with Crippen molar-refractivity contribution in [1.82, 2.24) is 10.2 Å². The van der Waals surface area contributed by atoms with Crippen molar-refractivity contribution in [3.05, 3.63) is 35.4 Å². The third-order valence-corrected chi connectivity index (χ3v) is 5.20. The summed E-state index contributed by atoms with van der Waals surface area (Å²) < 4.78 is 0. The maximum absolute atomic E-state index is 3.62. The second-order valence-corrected chi connectivity index (χ2v) is 7.22. The maximum Gasteiger partial charge on any atom is 0.0478 e. The Morgan fingerprint density at radius 2 is 1.95 bits per heavy atom. The molecule has 0 amide bonds. The van der Waals surface area contributed by atoms with Gasteiger partial charge in [-0.15, -0.1) is 0 Å². The summed E-state index contributed by atoms with van der Waals surface area (Å²) in [4.78, 5) is 2.83. The van der Waals surface area contributed by atoms with E-state index in [-0.39, 0.29) is 0 Å². The van der Waals surface area contributed by atoms with Crippen molar-refractivity contribution in [3.63, 3.8) is 0 Å². The molecular formula is C19H30N2. The Balaban J connectivity index is 1.79. The van der Waals surface area contributed by atoms with E-state index < -0.39 is 0 Å². The first-order chi connectivity index (χ1) is 10.2. The second kappa shape index (κ2) is 6.50. The van der Waals surface area contributed by atoms with Crippen LogP contribution < -0.4 is 5.32 Å². The van der Waals surface area contributed by atoms with E-state index in [0.29, 0.717) is 12.1 Å². The molecule has 3 rings (SSSR count). The fourth-order valence-corrected chi connectivity index (χ4v) is 3.88. The Morgan fingerprint density at radius 1 is 1.19 bits per heavy atom. The molecule has 2 unspecified atom stereocenters. The molecule has 1 fully saturated rings. The third kappa shape index (κ3) is 3.32. The number of aryl methyl sites for hydroxylation is 1. The molecule has 2 atom stereocenters. The van der Waals surface area contributed by atoms with Crippen LogP contribution in [0.25, 0.3) is 0 Å². The van der Waals surface area contributed by atoms with Gasteiger partial charge in [0.15, 0.2) is 0 Å². The summed E-state index contributed by atoms with van der Waals surface area (Å²) in [5.74, 6) is 0.801. The Hall–Kier alpha value is -0.860. The molecule has 0 aliphatic heterocycles. The van der Waals surface area contributed by atoms with Crippen LogP contribution in [0.4, 0.5) is 0 Å². The number of rotatable bonds is 6. The molecule has 0 bridgehead atoms. The Morgan fingerprint density at radius 3 is 2.62 bits per heavy atom. The highest BCUT2D eigenvalue weighted by molar-refractivity contribution is 5.34. The van der Waals surface area contributed by atoms with E-state index >= 15 is 0 Å². The molecule has 116 valence electrons. The van der Waals surface area contributed by atoms with E-state index in [0.717, 1.165) is 12.0 Å². The van der Waals surface area contributed by atoms with Crippen molar-refractivity contribution in [3.8, 4) is 0 Å². The van der Waals surface area contributed by atoms with E-state index in [2.05, 4.69) is 55.4 Å². The van der Waals surface area contributed by atoms with Gasteiger partial charge in [0.2, 0.25) is 0 Å². The average molecular weight is 286 g/mol. The van der Waals surface area contributed by atoms with Gasteiger partial charge in [-0.25, -0.2) is 0 Å². The molecule has 21 heavy (non-hydrogen) atoms. The number of nitrogens with one attached hydrogen (secondary N) is 1. The van der Waals surface area contributed by atoms with Crippen LogP contribution in [0.1, 0.15) is 56.7 Å². The zero-order valence-corrected chi connectivity index (χ0v) is 13.8. The number of benzene rings is 1. The van der Waals surface area contributed by atoms with Crippen molar-refractivity contribution in [2.24, 2.45) is 5.92 Å². The molecule has 2 nitrogen and oxygen atoms in total. The normalized spacial score (nSPS) is 25.4. The lowest BCUT2D eigenvalue weighted by Crippen LogP contribution is -2.48. The van der Waals surface area contributed by atoms with E-state index in [1.54, 1.807) is 5.56 Å². The number of fused-ring (bicyclic) bond motifs is 1. The number of hydrogen-bond acceptors (Lipinski definition) is 2. The summed E-state index contributed by atoms with van der Waals surface area (Å²) in [6, 6.07) is 11.1. The highest BCUT2D eigenvalue weighted by Gasteiger charge is 2.39. The lowest BCUT2D eigenvalue weighted by atomic mass is 9.83. The Labute approximate surface area is 129 Å². The molecule has 1 aromatic carbocycles. The molecule has 0 spiro atoms. The van der Waals surface area contributed by atoms with Crippen LogP contribution in [-0.4, -0.2) is 30.6 Å². The van der Waals surface area contributed by atoms with Crippen molar-refractivity contribution in [1.29, 1.82) is 0 Å². The zero-order valence-electron chi connectivity index (χ0n) is 13.8. The van der Waals surface area contributed by atoms with Gasteiger partial charge in [-0.05, 0) is 62.7 Å². The van der Waals surface area contributed by atoms with E-state index in [1.807, 2.05) is 0 Å². The van der Waals surface area contributed by atoms with E-state index in [1.165, 1.54) is 44.2 Å². The summed E-state index contributed by atoms with van der Waals surface area (Å²) in [5, 5.41) is 3.62. The highest BCUT2D eigenvalue weighted by atomic mass is 15.2. The standard InChI is InChI=1S/C19H30N2/c1-14(2)12-13-21(16-9-10-16)18-11-8-15-6-4-5-7-17(15)19(18)20-3/h4-7,14,16,18-20H,8-13H2,1-3H3. The summed E-state index contributed by atoms with van der Waals surface area (Å²) in [6.07, 6.45) is 6.69. The molecule has 0 aromatic heterocycles. The van der Waals surface area contributed by atoms with Gasteiger partial charge in [0.1, 0.15) is 0 Å². The smallest absolute Gasteiger partial charge is 0.0478 e. The van der Waals surface area contributed by atoms with Crippen LogP contribution in [0.5, 0.6) is 0 Å². The first-order valence-electron chi connectivity index (χ1n) is 8.71. The molecular weight excluding hydrogens is 256 g/mol. The van der Waals surface area contributed by atoms with Gasteiger partial charge in [0, 0.05) is 18.1 Å². The van der Waals surface area contributed by atoms with Gasteiger partial charge in [-0.3, -0.25) is 4.90 Å². The lowest BCUT2D eigenvalue weighted by Gasteiger charge is -2.41. The summed E-state index contributed by atoms with van der Waals surface area (Å²) >= 11 is 0. The molecule has 2 aliphatic carbocycles. The van der Waals surface area contributed by atoms with Gasteiger partial charge in [-0.1, -0.05) is 38.1 Å². The van der Waals surface area contributed by atoms with Crippen molar-refractivity contribution >= 4 is 0 Å². The van der Waals surface area contributed by atoms with Crippen LogP contribution in [0.15, 0.2) is 24.3 Å². The first-order valence-corrected chi connectivity index (χ1v) is 8.71. The average Bonchev–Trinajstić information content (AvgIpc) is 3.31.